The summed E-state index contributed by atoms with van der Waals surface area (Å²) in [6.07, 6.45) is -7.29. The first-order chi connectivity index (χ1) is 24.1. The third-order valence-corrected chi connectivity index (χ3v) is 8.02. The number of carboxylic acid groups (broad SMARTS) is 1. The molecule has 0 spiro atoms. The van der Waals surface area contributed by atoms with Crippen molar-refractivity contribution in [2.24, 2.45) is 0 Å². The van der Waals surface area contributed by atoms with E-state index in [1.165, 1.54) is 18.7 Å². The number of alkyl carbamates (subject to hydrolysis) is 1. The van der Waals surface area contributed by atoms with Crippen LogP contribution < -0.4 is 16.0 Å². The number of thioether (sulfide) groups is 1. The molecule has 21 heteroatoms. The number of amides is 3. The molecule has 0 aromatic carbocycles. The zero-order chi connectivity index (χ0) is 39.8. The minimum Gasteiger partial charge on any atom is -0.480 e. The van der Waals surface area contributed by atoms with Crippen LogP contribution in [0.5, 0.6) is 0 Å². The van der Waals surface area contributed by atoms with E-state index in [-0.39, 0.29) is 24.5 Å². The minimum atomic E-state index is -1.40. The molecule has 4 N–H and O–H groups in total. The number of aliphatic carboxylic acids is 1. The number of carbonyl (C=O) groups is 8. The lowest BCUT2D eigenvalue weighted by molar-refractivity contribution is -0.308. The first-order valence-corrected chi connectivity index (χ1v) is 17.9. The molecule has 0 unspecified atom stereocenters. The summed E-state index contributed by atoms with van der Waals surface area (Å²) in [7, 11) is 0. The molecule has 1 saturated heterocycles. The van der Waals surface area contributed by atoms with Crippen molar-refractivity contribution < 1.29 is 76.6 Å². The molecule has 0 radical (unpaired) electrons. The lowest BCUT2D eigenvalue weighted by atomic mass is 9.98. The third kappa shape index (κ3) is 17.6. The fraction of sp³-hybridized carbons (Fsp3) is 0.742. The van der Waals surface area contributed by atoms with E-state index >= 15 is 0 Å². The van der Waals surface area contributed by atoms with Crippen LogP contribution >= 0.6 is 24.4 Å². The number of ether oxygens (including phenoxy) is 7. The molecule has 296 valence electrons. The Kier molecular flexibility index (Phi) is 19.8. The first-order valence-electron chi connectivity index (χ1n) is 16.1. The average Bonchev–Trinajstić information content (AvgIpc) is 3.00. The first kappa shape index (κ1) is 46.2. The van der Waals surface area contributed by atoms with Crippen LogP contribution in [0.15, 0.2) is 0 Å². The molecule has 1 heterocycles. The van der Waals surface area contributed by atoms with Crippen LogP contribution in [0.2, 0.25) is 0 Å². The molecule has 1 fully saturated rings. The highest BCUT2D eigenvalue weighted by Gasteiger charge is 2.52. The van der Waals surface area contributed by atoms with Crippen LogP contribution in [0.4, 0.5) is 4.79 Å². The second-order valence-corrected chi connectivity index (χ2v) is 13.9. The molecular formula is C31H49N3O16S2. The van der Waals surface area contributed by atoms with Crippen LogP contribution in [0.25, 0.3) is 0 Å². The van der Waals surface area contributed by atoms with E-state index in [2.05, 4.69) is 28.6 Å². The van der Waals surface area contributed by atoms with Gasteiger partial charge in [0.05, 0.1) is 6.61 Å². The maximum absolute atomic E-state index is 13.0. The number of hydrogen-bond donors (Lipinski definition) is 5. The van der Waals surface area contributed by atoms with Crippen LogP contribution in [-0.2, 0) is 66.7 Å². The summed E-state index contributed by atoms with van der Waals surface area (Å²) in [5.74, 6) is -5.86. The Morgan fingerprint density at radius 3 is 1.88 bits per heavy atom. The monoisotopic (exact) mass is 783 g/mol. The maximum atomic E-state index is 13.0. The lowest BCUT2D eigenvalue weighted by Crippen LogP contribution is -2.63. The standard InChI is InChI=1S/C31H49N3O16S2/c1-15(32-30(43)50-31(6,7)8)26(39)34-21(27(40)33-20(13-51)28(41)42)14-52-11-9-10-44-29-25(48-19(5)38)24(47-18(4)37)23(46-17(3)36)22(49-29)12-45-16(2)35/h15,20-25,29,51H,9-14H2,1-8H3,(H,32,43)(H,33,40)(H,34,39)(H,41,42)/t15-,20-,21-,22+,23-,24-,25+,29+/m0/s1. The zero-order valence-corrected chi connectivity index (χ0v) is 32.0. The van der Waals surface area contributed by atoms with Gasteiger partial charge in [0.25, 0.3) is 0 Å². The second-order valence-electron chi connectivity index (χ2n) is 12.4. The molecule has 0 aromatic rings. The summed E-state index contributed by atoms with van der Waals surface area (Å²) < 4.78 is 38.0. The number of carbonyl (C=O) groups excluding carboxylic acids is 7. The molecule has 19 nitrogen and oxygen atoms in total. The highest BCUT2D eigenvalue weighted by Crippen LogP contribution is 2.30. The molecule has 0 aliphatic carbocycles. The quantitative estimate of drug-likeness (QED) is 0.0504. The van der Waals surface area contributed by atoms with Crippen molar-refractivity contribution in [3.8, 4) is 0 Å². The predicted octanol–water partition coefficient (Wildman–Crippen LogP) is 0.107. The van der Waals surface area contributed by atoms with Gasteiger partial charge in [0.2, 0.25) is 11.8 Å². The van der Waals surface area contributed by atoms with Gasteiger partial charge in [-0.05, 0) is 39.9 Å². The molecule has 1 rings (SSSR count). The Bertz CT molecular complexity index is 1280. The highest BCUT2D eigenvalue weighted by molar-refractivity contribution is 7.99. The molecule has 3 amide bonds. The third-order valence-electron chi connectivity index (χ3n) is 6.50. The fourth-order valence-electron chi connectivity index (χ4n) is 4.37. The number of rotatable bonds is 19. The van der Waals surface area contributed by atoms with E-state index in [0.29, 0.717) is 5.75 Å². The summed E-state index contributed by atoms with van der Waals surface area (Å²) in [4.78, 5) is 97.0. The normalized spacial score (nSPS) is 21.6. The van der Waals surface area contributed by atoms with Gasteiger partial charge in [0.1, 0.15) is 36.4 Å². The number of esters is 4. The van der Waals surface area contributed by atoms with Crippen molar-refractivity contribution in [3.05, 3.63) is 0 Å². The van der Waals surface area contributed by atoms with E-state index in [1.54, 1.807) is 20.8 Å². The Labute approximate surface area is 310 Å². The molecule has 8 atom stereocenters. The van der Waals surface area contributed by atoms with Crippen molar-refractivity contribution in [2.45, 2.75) is 116 Å². The van der Waals surface area contributed by atoms with Gasteiger partial charge in [-0.25, -0.2) is 9.59 Å². The van der Waals surface area contributed by atoms with Gasteiger partial charge in [0, 0.05) is 39.2 Å². The molecule has 0 bridgehead atoms. The Morgan fingerprint density at radius 1 is 0.808 bits per heavy atom. The molecule has 1 aliphatic rings. The van der Waals surface area contributed by atoms with E-state index in [0.717, 1.165) is 27.7 Å². The molecular weight excluding hydrogens is 734 g/mol. The summed E-state index contributed by atoms with van der Waals surface area (Å²) in [6.45, 7) is 10.3. The van der Waals surface area contributed by atoms with E-state index in [9.17, 15) is 43.5 Å². The number of carboxylic acids is 1. The van der Waals surface area contributed by atoms with Crippen LogP contribution in [0, 0.1) is 0 Å². The second kappa shape index (κ2) is 22.3. The van der Waals surface area contributed by atoms with Gasteiger partial charge < -0.3 is 54.2 Å². The largest absolute Gasteiger partial charge is 0.480 e. The van der Waals surface area contributed by atoms with Crippen LogP contribution in [0.3, 0.4) is 0 Å². The van der Waals surface area contributed by atoms with Crippen molar-refractivity contribution in [2.75, 3.05) is 30.5 Å². The molecule has 0 aromatic heterocycles. The number of nitrogens with one attached hydrogen (secondary N) is 3. The lowest BCUT2D eigenvalue weighted by Gasteiger charge is -2.44. The van der Waals surface area contributed by atoms with Gasteiger partial charge in [0.15, 0.2) is 24.6 Å². The topological polar surface area (TPSA) is 257 Å². The maximum Gasteiger partial charge on any atom is 0.408 e. The summed E-state index contributed by atoms with van der Waals surface area (Å²) >= 11 is 5.14. The summed E-state index contributed by atoms with van der Waals surface area (Å²) in [5.41, 5.74) is -0.825. The Morgan fingerprint density at radius 2 is 1.37 bits per heavy atom. The predicted molar refractivity (Wildman–Crippen MR) is 184 cm³/mol. The molecule has 0 saturated carbocycles. The van der Waals surface area contributed by atoms with Crippen LogP contribution in [0.1, 0.15) is 61.8 Å². The van der Waals surface area contributed by atoms with Crippen molar-refractivity contribution in [1.82, 2.24) is 16.0 Å². The molecule has 52 heavy (non-hydrogen) atoms. The van der Waals surface area contributed by atoms with E-state index in [1.807, 2.05) is 0 Å². The average molecular weight is 784 g/mol. The molecule has 1 aliphatic heterocycles. The van der Waals surface area contributed by atoms with Gasteiger partial charge in [-0.1, -0.05) is 0 Å². The zero-order valence-electron chi connectivity index (χ0n) is 30.3. The number of thiol groups is 1. The van der Waals surface area contributed by atoms with Crippen molar-refractivity contribution >= 4 is 72.1 Å². The highest BCUT2D eigenvalue weighted by atomic mass is 32.2. The van der Waals surface area contributed by atoms with Gasteiger partial charge in [-0.3, -0.25) is 28.8 Å². The summed E-state index contributed by atoms with van der Waals surface area (Å²) in [6, 6.07) is -3.69. The van der Waals surface area contributed by atoms with Crippen molar-refractivity contribution in [1.29, 1.82) is 0 Å². The minimum absolute atomic E-state index is 0.0330. The van der Waals surface area contributed by atoms with E-state index in [4.69, 9.17) is 33.2 Å². The summed E-state index contributed by atoms with van der Waals surface area (Å²) in [5, 5.41) is 16.6. The Balaban J connectivity index is 3.03. The number of hydrogen-bond acceptors (Lipinski definition) is 17. The van der Waals surface area contributed by atoms with Gasteiger partial charge >= 0.3 is 35.9 Å². The van der Waals surface area contributed by atoms with Gasteiger partial charge in [-0.2, -0.15) is 24.4 Å². The van der Waals surface area contributed by atoms with E-state index < -0.39 is 109 Å². The smallest absolute Gasteiger partial charge is 0.408 e. The SMILES string of the molecule is CC(=O)OC[C@H]1O[C@@H](OCCCSC[C@H](NC(=O)[C@H](C)NC(=O)OC(C)(C)C)C(=O)N[C@@H](CS)C(=O)O)[C@H](OC(C)=O)[C@@H](OC(C)=O)[C@H]1OC(C)=O. The Hall–Kier alpha value is -3.82. The fourth-order valence-corrected chi connectivity index (χ4v) is 5.58. The van der Waals surface area contributed by atoms with Crippen molar-refractivity contribution in [3.63, 3.8) is 0 Å². The van der Waals surface area contributed by atoms with Crippen LogP contribution in [-0.4, -0.2) is 138 Å². The van der Waals surface area contributed by atoms with Gasteiger partial charge in [-0.15, -0.1) is 0 Å².